The molecule has 0 heterocycles. The Balaban J connectivity index is 1.85. The fourth-order valence-electron chi connectivity index (χ4n) is 2.20. The number of carbonyl (C=O) groups excluding carboxylic acids is 1. The van der Waals surface area contributed by atoms with Gasteiger partial charge in [0.25, 0.3) is 0 Å². The molecule has 0 saturated heterocycles. The Morgan fingerprint density at radius 1 is 1.04 bits per heavy atom. The van der Waals surface area contributed by atoms with Crippen LogP contribution in [0.25, 0.3) is 0 Å². The molecule has 0 aromatic heterocycles. The van der Waals surface area contributed by atoms with Crippen LogP contribution in [0.15, 0.2) is 53.0 Å². The second-order valence-corrected chi connectivity index (χ2v) is 6.86. The summed E-state index contributed by atoms with van der Waals surface area (Å²) in [4.78, 5) is 12.1. The number of hydrogen-bond acceptors (Lipinski definition) is 2. The Kier molecular flexibility index (Phi) is 6.66. The molecule has 0 aliphatic carbocycles. The molecule has 0 aliphatic heterocycles. The highest BCUT2D eigenvalue weighted by Gasteiger charge is 2.06. The van der Waals surface area contributed by atoms with Crippen LogP contribution in [0, 0.1) is 5.92 Å². The van der Waals surface area contributed by atoms with E-state index in [1.165, 1.54) is 0 Å². The van der Waals surface area contributed by atoms with E-state index < -0.39 is 0 Å². The second kappa shape index (κ2) is 8.73. The van der Waals surface area contributed by atoms with Crippen molar-refractivity contribution in [2.45, 2.75) is 26.7 Å². The summed E-state index contributed by atoms with van der Waals surface area (Å²) in [6, 6.07) is 15.6. The number of nitrogens with one attached hydrogen (secondary N) is 2. The van der Waals surface area contributed by atoms with Crippen molar-refractivity contribution >= 4 is 33.2 Å². The van der Waals surface area contributed by atoms with E-state index in [4.69, 9.17) is 0 Å². The van der Waals surface area contributed by atoms with Gasteiger partial charge in [0.05, 0.1) is 6.42 Å². The van der Waals surface area contributed by atoms with Gasteiger partial charge in [0.1, 0.15) is 0 Å². The van der Waals surface area contributed by atoms with E-state index in [9.17, 15) is 4.79 Å². The Labute approximate surface area is 146 Å². The maximum Gasteiger partial charge on any atom is 0.228 e. The summed E-state index contributed by atoms with van der Waals surface area (Å²) in [7, 11) is 0. The first-order chi connectivity index (χ1) is 11.0. The molecule has 3 nitrogen and oxygen atoms in total. The van der Waals surface area contributed by atoms with Gasteiger partial charge in [-0.05, 0) is 48.2 Å². The van der Waals surface area contributed by atoms with Crippen LogP contribution in [0.5, 0.6) is 0 Å². The number of halogens is 1. The van der Waals surface area contributed by atoms with Gasteiger partial charge < -0.3 is 10.6 Å². The maximum absolute atomic E-state index is 12.1. The summed E-state index contributed by atoms with van der Waals surface area (Å²) >= 11 is 3.47. The maximum atomic E-state index is 12.1. The molecule has 0 bridgehead atoms. The molecule has 23 heavy (non-hydrogen) atoms. The summed E-state index contributed by atoms with van der Waals surface area (Å²) < 4.78 is 0.958. The zero-order chi connectivity index (χ0) is 16.7. The van der Waals surface area contributed by atoms with Crippen LogP contribution < -0.4 is 10.6 Å². The number of carbonyl (C=O) groups is 1. The minimum Gasteiger partial charge on any atom is -0.385 e. The zero-order valence-corrected chi connectivity index (χ0v) is 15.2. The first-order valence-electron chi connectivity index (χ1n) is 7.92. The summed E-state index contributed by atoms with van der Waals surface area (Å²) in [6.45, 7) is 5.39. The Bertz CT molecular complexity index is 638. The molecule has 0 unspecified atom stereocenters. The third kappa shape index (κ3) is 6.06. The Hall–Kier alpha value is -1.81. The van der Waals surface area contributed by atoms with Crippen molar-refractivity contribution in [2.75, 3.05) is 17.2 Å². The van der Waals surface area contributed by atoms with Crippen LogP contribution in [0.2, 0.25) is 0 Å². The molecule has 2 N–H and O–H groups in total. The van der Waals surface area contributed by atoms with Crippen LogP contribution >= 0.6 is 15.9 Å². The molecule has 0 fully saturated rings. The van der Waals surface area contributed by atoms with Gasteiger partial charge in [-0.1, -0.05) is 48.0 Å². The third-order valence-corrected chi connectivity index (χ3v) is 4.30. The average Bonchev–Trinajstić information content (AvgIpc) is 2.51. The predicted molar refractivity (Wildman–Crippen MR) is 101 cm³/mol. The first kappa shape index (κ1) is 17.5. The topological polar surface area (TPSA) is 41.1 Å². The highest BCUT2D eigenvalue weighted by molar-refractivity contribution is 9.10. The highest BCUT2D eigenvalue weighted by Crippen LogP contribution is 2.18. The van der Waals surface area contributed by atoms with Crippen molar-refractivity contribution in [3.8, 4) is 0 Å². The van der Waals surface area contributed by atoms with Gasteiger partial charge in [0, 0.05) is 22.4 Å². The lowest BCUT2D eigenvalue weighted by Crippen LogP contribution is -2.14. The van der Waals surface area contributed by atoms with Crippen molar-refractivity contribution in [3.05, 3.63) is 58.6 Å². The molecule has 0 aliphatic rings. The van der Waals surface area contributed by atoms with Gasteiger partial charge in [-0.25, -0.2) is 0 Å². The molecule has 2 aromatic rings. The van der Waals surface area contributed by atoms with Gasteiger partial charge in [0.2, 0.25) is 5.91 Å². The van der Waals surface area contributed by atoms with Crippen molar-refractivity contribution in [3.63, 3.8) is 0 Å². The molecular weight excluding hydrogens is 352 g/mol. The first-order valence-corrected chi connectivity index (χ1v) is 8.71. The van der Waals surface area contributed by atoms with Gasteiger partial charge >= 0.3 is 0 Å². The molecule has 2 aromatic carbocycles. The smallest absolute Gasteiger partial charge is 0.228 e. The average molecular weight is 375 g/mol. The normalized spacial score (nSPS) is 10.6. The molecule has 0 radical (unpaired) electrons. The largest absolute Gasteiger partial charge is 0.385 e. The monoisotopic (exact) mass is 374 g/mol. The molecule has 4 heteroatoms. The van der Waals surface area contributed by atoms with Gasteiger partial charge in [-0.3, -0.25) is 4.79 Å². The predicted octanol–water partition coefficient (Wildman–Crippen LogP) is 5.09. The van der Waals surface area contributed by atoms with E-state index in [1.54, 1.807) is 0 Å². The van der Waals surface area contributed by atoms with E-state index in [0.717, 1.165) is 34.4 Å². The molecular formula is C19H23BrN2O. The highest BCUT2D eigenvalue weighted by atomic mass is 79.9. The van der Waals surface area contributed by atoms with Crippen molar-refractivity contribution in [1.29, 1.82) is 0 Å². The van der Waals surface area contributed by atoms with Crippen LogP contribution in [0.1, 0.15) is 25.8 Å². The van der Waals surface area contributed by atoms with Crippen LogP contribution in [-0.4, -0.2) is 12.5 Å². The number of anilines is 2. The number of hydrogen-bond donors (Lipinski definition) is 2. The Morgan fingerprint density at radius 2 is 1.70 bits per heavy atom. The SMILES string of the molecule is CC(C)CCNc1ccc(NC(=O)Cc2ccccc2Br)cc1. The van der Waals surface area contributed by atoms with Gasteiger partial charge in [-0.15, -0.1) is 0 Å². The van der Waals surface area contributed by atoms with Crippen molar-refractivity contribution in [1.82, 2.24) is 0 Å². The van der Waals surface area contributed by atoms with E-state index in [-0.39, 0.29) is 5.91 Å². The standard InChI is InChI=1S/C19H23BrN2O/c1-14(2)11-12-21-16-7-9-17(10-8-16)22-19(23)13-15-5-3-4-6-18(15)20/h3-10,14,21H,11-13H2,1-2H3,(H,22,23). The molecule has 2 rings (SSSR count). The van der Waals surface area contributed by atoms with Crippen LogP contribution in [0.3, 0.4) is 0 Å². The lowest BCUT2D eigenvalue weighted by atomic mass is 10.1. The number of rotatable bonds is 7. The molecule has 122 valence electrons. The summed E-state index contributed by atoms with van der Waals surface area (Å²) in [5.41, 5.74) is 2.88. The quantitative estimate of drug-likeness (QED) is 0.708. The summed E-state index contributed by atoms with van der Waals surface area (Å²) in [6.07, 6.45) is 1.50. The summed E-state index contributed by atoms with van der Waals surface area (Å²) in [5, 5.41) is 6.32. The second-order valence-electron chi connectivity index (χ2n) is 6.00. The van der Waals surface area contributed by atoms with Crippen molar-refractivity contribution < 1.29 is 4.79 Å². The van der Waals surface area contributed by atoms with Crippen LogP contribution in [-0.2, 0) is 11.2 Å². The minimum atomic E-state index is -0.0163. The van der Waals surface area contributed by atoms with Crippen molar-refractivity contribution in [2.24, 2.45) is 5.92 Å². The third-order valence-electron chi connectivity index (χ3n) is 3.53. The minimum absolute atomic E-state index is 0.0163. The fourth-order valence-corrected chi connectivity index (χ4v) is 2.62. The molecule has 1 amide bonds. The lowest BCUT2D eigenvalue weighted by Gasteiger charge is -2.10. The van der Waals surface area contributed by atoms with Crippen LogP contribution in [0.4, 0.5) is 11.4 Å². The van der Waals surface area contributed by atoms with E-state index >= 15 is 0 Å². The van der Waals surface area contributed by atoms with Gasteiger partial charge in [-0.2, -0.15) is 0 Å². The molecule has 0 spiro atoms. The zero-order valence-electron chi connectivity index (χ0n) is 13.6. The number of amides is 1. The fraction of sp³-hybridized carbons (Fsp3) is 0.316. The lowest BCUT2D eigenvalue weighted by molar-refractivity contribution is -0.115. The summed E-state index contributed by atoms with van der Waals surface area (Å²) in [5.74, 6) is 0.677. The Morgan fingerprint density at radius 3 is 2.35 bits per heavy atom. The van der Waals surface area contributed by atoms with E-state index in [2.05, 4.69) is 40.4 Å². The van der Waals surface area contributed by atoms with E-state index in [1.807, 2.05) is 48.5 Å². The van der Waals surface area contributed by atoms with E-state index in [0.29, 0.717) is 12.3 Å². The van der Waals surface area contributed by atoms with Gasteiger partial charge in [0.15, 0.2) is 0 Å². The molecule has 0 atom stereocenters. The molecule has 0 saturated carbocycles. The number of benzene rings is 2.